The fraction of sp³-hybridized carbons (Fsp3) is 0. The van der Waals surface area contributed by atoms with Crippen molar-refractivity contribution in [3.05, 3.63) is 146 Å². The molecule has 8 aromatic rings. The average Bonchev–Trinajstić information content (AvgIpc) is 3.54. The molecule has 3 heteroatoms. The van der Waals surface area contributed by atoms with Crippen LogP contribution in [0, 0.1) is 0 Å². The summed E-state index contributed by atoms with van der Waals surface area (Å²) >= 11 is 0. The van der Waals surface area contributed by atoms with Crippen molar-refractivity contribution in [3.8, 4) is 45.2 Å². The molecule has 41 heavy (non-hydrogen) atoms. The van der Waals surface area contributed by atoms with Crippen molar-refractivity contribution in [1.29, 1.82) is 0 Å². The largest absolute Gasteiger partial charge is 0.416 e. The summed E-state index contributed by atoms with van der Waals surface area (Å²) in [5.41, 5.74) is 6.67. The van der Waals surface area contributed by atoms with E-state index in [0.29, 0.717) is 11.8 Å². The Morgan fingerprint density at radius 3 is 1.39 bits per heavy atom. The number of fused-ring (bicyclic) bond motifs is 3. The minimum atomic E-state index is 0.508. The Morgan fingerprint density at radius 1 is 0.341 bits per heavy atom. The van der Waals surface area contributed by atoms with Crippen LogP contribution in [0.2, 0.25) is 0 Å². The second kappa shape index (κ2) is 9.58. The van der Waals surface area contributed by atoms with Gasteiger partial charge in [0.1, 0.15) is 0 Å². The first-order valence-corrected chi connectivity index (χ1v) is 13.8. The van der Waals surface area contributed by atoms with Gasteiger partial charge in [-0.05, 0) is 78.8 Å². The lowest BCUT2D eigenvalue weighted by molar-refractivity contribution is 0.584. The number of nitrogens with zero attached hydrogens (tertiary/aromatic N) is 2. The van der Waals surface area contributed by atoms with Crippen LogP contribution in [-0.2, 0) is 0 Å². The van der Waals surface area contributed by atoms with Gasteiger partial charge in [0, 0.05) is 11.1 Å². The van der Waals surface area contributed by atoms with Gasteiger partial charge < -0.3 is 4.42 Å². The minimum Gasteiger partial charge on any atom is -0.416 e. The Labute approximate surface area is 237 Å². The molecule has 192 valence electrons. The van der Waals surface area contributed by atoms with Crippen molar-refractivity contribution in [2.75, 3.05) is 0 Å². The van der Waals surface area contributed by atoms with Crippen molar-refractivity contribution >= 4 is 32.3 Å². The molecule has 0 amide bonds. The summed E-state index contributed by atoms with van der Waals surface area (Å²) in [4.78, 5) is 0. The van der Waals surface area contributed by atoms with E-state index in [9.17, 15) is 0 Å². The third kappa shape index (κ3) is 3.98. The Morgan fingerprint density at radius 2 is 0.780 bits per heavy atom. The average molecular weight is 525 g/mol. The van der Waals surface area contributed by atoms with Gasteiger partial charge in [-0.25, -0.2) is 0 Å². The number of aromatic nitrogens is 2. The maximum absolute atomic E-state index is 6.13. The lowest BCUT2D eigenvalue weighted by Gasteiger charge is -2.17. The van der Waals surface area contributed by atoms with E-state index in [1.807, 2.05) is 18.2 Å². The van der Waals surface area contributed by atoms with Crippen molar-refractivity contribution < 1.29 is 4.42 Å². The van der Waals surface area contributed by atoms with Gasteiger partial charge in [0.15, 0.2) is 0 Å². The van der Waals surface area contributed by atoms with E-state index in [1.54, 1.807) is 0 Å². The normalized spacial score (nSPS) is 11.4. The first-order chi connectivity index (χ1) is 20.3. The van der Waals surface area contributed by atoms with Gasteiger partial charge in [0.05, 0.1) is 0 Å². The minimum absolute atomic E-state index is 0.508. The lowest BCUT2D eigenvalue weighted by Crippen LogP contribution is -1.90. The highest BCUT2D eigenvalue weighted by Crippen LogP contribution is 2.43. The van der Waals surface area contributed by atoms with Crippen LogP contribution in [0.25, 0.3) is 77.5 Å². The van der Waals surface area contributed by atoms with E-state index in [-0.39, 0.29) is 0 Å². The Hall–Kier alpha value is -5.54. The smallest absolute Gasteiger partial charge is 0.248 e. The van der Waals surface area contributed by atoms with Gasteiger partial charge in [-0.1, -0.05) is 121 Å². The predicted octanol–water partition coefficient (Wildman–Crippen LogP) is 10.2. The molecule has 0 aliphatic rings. The van der Waals surface area contributed by atoms with Crippen LogP contribution in [0.1, 0.15) is 0 Å². The molecule has 1 aromatic heterocycles. The third-order valence-electron chi connectivity index (χ3n) is 7.84. The zero-order chi connectivity index (χ0) is 27.2. The molecule has 0 fully saturated rings. The van der Waals surface area contributed by atoms with Crippen molar-refractivity contribution in [2.45, 2.75) is 0 Å². The molecule has 0 saturated heterocycles. The predicted molar refractivity (Wildman–Crippen MR) is 169 cm³/mol. The highest BCUT2D eigenvalue weighted by atomic mass is 16.4. The zero-order valence-corrected chi connectivity index (χ0v) is 22.2. The van der Waals surface area contributed by atoms with E-state index >= 15 is 0 Å². The molecular weight excluding hydrogens is 500 g/mol. The fourth-order valence-corrected chi connectivity index (χ4v) is 5.91. The summed E-state index contributed by atoms with van der Waals surface area (Å²) in [6, 6.07) is 51.0. The van der Waals surface area contributed by atoms with E-state index in [1.165, 1.54) is 43.6 Å². The van der Waals surface area contributed by atoms with E-state index < -0.39 is 0 Å². The SMILES string of the molecule is c1ccc(-c2c3ccccc3c(-c3ccc(-c4nnc(-c5ccc6ccccc6c5)o4)cc3)c3ccccc23)cc1. The van der Waals surface area contributed by atoms with Crippen LogP contribution >= 0.6 is 0 Å². The Kier molecular flexibility index (Phi) is 5.46. The number of hydrogen-bond acceptors (Lipinski definition) is 3. The molecule has 0 radical (unpaired) electrons. The summed E-state index contributed by atoms with van der Waals surface area (Å²) in [5, 5.41) is 16.0. The zero-order valence-electron chi connectivity index (χ0n) is 22.2. The highest BCUT2D eigenvalue weighted by molar-refractivity contribution is 6.21. The Balaban J connectivity index is 1.23. The monoisotopic (exact) mass is 524 g/mol. The molecule has 0 N–H and O–H groups in total. The molecule has 3 nitrogen and oxygen atoms in total. The van der Waals surface area contributed by atoms with Crippen LogP contribution in [0.5, 0.6) is 0 Å². The molecule has 0 unspecified atom stereocenters. The van der Waals surface area contributed by atoms with E-state index in [4.69, 9.17) is 4.42 Å². The second-order valence-electron chi connectivity index (χ2n) is 10.3. The molecule has 7 aromatic carbocycles. The molecule has 0 aliphatic carbocycles. The Bertz CT molecular complexity index is 2140. The van der Waals surface area contributed by atoms with Gasteiger partial charge in [-0.15, -0.1) is 10.2 Å². The third-order valence-corrected chi connectivity index (χ3v) is 7.84. The molecule has 0 saturated carbocycles. The molecule has 0 bridgehead atoms. The van der Waals surface area contributed by atoms with Crippen molar-refractivity contribution in [2.24, 2.45) is 0 Å². The first kappa shape index (κ1) is 23.4. The van der Waals surface area contributed by atoms with Crippen molar-refractivity contribution in [3.63, 3.8) is 0 Å². The second-order valence-corrected chi connectivity index (χ2v) is 10.3. The highest BCUT2D eigenvalue weighted by Gasteiger charge is 2.17. The summed E-state index contributed by atoms with van der Waals surface area (Å²) in [5.74, 6) is 1.03. The van der Waals surface area contributed by atoms with Gasteiger partial charge >= 0.3 is 0 Å². The van der Waals surface area contributed by atoms with Gasteiger partial charge in [-0.3, -0.25) is 0 Å². The van der Waals surface area contributed by atoms with Crippen LogP contribution < -0.4 is 0 Å². The van der Waals surface area contributed by atoms with Gasteiger partial charge in [0.25, 0.3) is 0 Å². The molecule has 1 heterocycles. The lowest BCUT2D eigenvalue weighted by atomic mass is 9.86. The van der Waals surface area contributed by atoms with Crippen molar-refractivity contribution in [1.82, 2.24) is 10.2 Å². The summed E-state index contributed by atoms with van der Waals surface area (Å²) in [6.07, 6.45) is 0. The molecular formula is C38H24N2O. The molecule has 0 spiro atoms. The topological polar surface area (TPSA) is 38.9 Å². The standard InChI is InChI=1S/C38H24N2O/c1-2-11-26(12-3-1)35-31-14-6-8-16-33(31)36(34-17-9-7-15-32(34)35)27-19-21-28(22-20-27)37-39-40-38(41-37)30-23-18-25-10-4-5-13-29(25)24-30/h1-24H. The number of benzene rings is 7. The summed E-state index contributed by atoms with van der Waals surface area (Å²) in [7, 11) is 0. The fourth-order valence-electron chi connectivity index (χ4n) is 5.91. The summed E-state index contributed by atoms with van der Waals surface area (Å²) < 4.78 is 6.13. The van der Waals surface area contributed by atoms with Crippen LogP contribution in [0.15, 0.2) is 150 Å². The van der Waals surface area contributed by atoms with Crippen LogP contribution in [0.3, 0.4) is 0 Å². The quantitative estimate of drug-likeness (QED) is 0.215. The van der Waals surface area contributed by atoms with Crippen LogP contribution in [0.4, 0.5) is 0 Å². The number of rotatable bonds is 4. The van der Waals surface area contributed by atoms with E-state index in [0.717, 1.165) is 22.1 Å². The first-order valence-electron chi connectivity index (χ1n) is 13.8. The van der Waals surface area contributed by atoms with Gasteiger partial charge in [-0.2, -0.15) is 0 Å². The van der Waals surface area contributed by atoms with Crippen LogP contribution in [-0.4, -0.2) is 10.2 Å². The molecule has 0 aliphatic heterocycles. The maximum Gasteiger partial charge on any atom is 0.248 e. The number of hydrogen-bond donors (Lipinski definition) is 0. The maximum atomic E-state index is 6.13. The summed E-state index contributed by atoms with van der Waals surface area (Å²) in [6.45, 7) is 0. The molecule has 8 rings (SSSR count). The van der Waals surface area contributed by atoms with E-state index in [2.05, 4.69) is 138 Å². The van der Waals surface area contributed by atoms with Gasteiger partial charge in [0.2, 0.25) is 11.8 Å². The molecule has 0 atom stereocenters.